The van der Waals surface area contributed by atoms with Crippen molar-refractivity contribution in [1.29, 1.82) is 0 Å². The van der Waals surface area contributed by atoms with Crippen molar-refractivity contribution >= 4 is 11.8 Å². The van der Waals surface area contributed by atoms with Crippen LogP contribution in [-0.4, -0.2) is 43.1 Å². The SMILES string of the molecule is O=C(NCCNC(=O)C1CCOCC1)c1cccnc1. The van der Waals surface area contributed by atoms with E-state index >= 15 is 0 Å². The van der Waals surface area contributed by atoms with Crippen LogP contribution in [0.2, 0.25) is 0 Å². The van der Waals surface area contributed by atoms with Crippen molar-refractivity contribution in [2.45, 2.75) is 12.8 Å². The summed E-state index contributed by atoms with van der Waals surface area (Å²) in [4.78, 5) is 27.4. The summed E-state index contributed by atoms with van der Waals surface area (Å²) in [6.07, 6.45) is 4.67. The van der Waals surface area contributed by atoms with Gasteiger partial charge in [0.05, 0.1) is 5.56 Å². The lowest BCUT2D eigenvalue weighted by Gasteiger charge is -2.21. The molecule has 6 heteroatoms. The van der Waals surface area contributed by atoms with E-state index in [1.54, 1.807) is 18.3 Å². The topological polar surface area (TPSA) is 80.3 Å². The van der Waals surface area contributed by atoms with Crippen molar-refractivity contribution in [3.05, 3.63) is 30.1 Å². The van der Waals surface area contributed by atoms with Gasteiger partial charge in [-0.15, -0.1) is 0 Å². The number of ether oxygens (including phenoxy) is 1. The van der Waals surface area contributed by atoms with Crippen LogP contribution in [0.1, 0.15) is 23.2 Å². The van der Waals surface area contributed by atoms with E-state index in [0.717, 1.165) is 12.8 Å². The van der Waals surface area contributed by atoms with Crippen LogP contribution in [0, 0.1) is 5.92 Å². The van der Waals surface area contributed by atoms with Crippen LogP contribution in [0.3, 0.4) is 0 Å². The second-order valence-corrected chi connectivity index (χ2v) is 4.68. The molecule has 0 aromatic carbocycles. The lowest BCUT2D eigenvalue weighted by Crippen LogP contribution is -2.39. The summed E-state index contributed by atoms with van der Waals surface area (Å²) in [5.41, 5.74) is 0.517. The van der Waals surface area contributed by atoms with Crippen LogP contribution in [0.15, 0.2) is 24.5 Å². The Labute approximate surface area is 117 Å². The van der Waals surface area contributed by atoms with Crippen molar-refractivity contribution < 1.29 is 14.3 Å². The highest BCUT2D eigenvalue weighted by atomic mass is 16.5. The van der Waals surface area contributed by atoms with Gasteiger partial charge in [0.15, 0.2) is 0 Å². The molecule has 0 unspecified atom stereocenters. The Morgan fingerprint density at radius 3 is 2.70 bits per heavy atom. The maximum atomic E-state index is 11.8. The Bertz CT molecular complexity index is 444. The Hall–Kier alpha value is -1.95. The van der Waals surface area contributed by atoms with E-state index in [4.69, 9.17) is 4.74 Å². The standard InChI is InChI=1S/C14H19N3O3/c18-13(11-3-8-20-9-4-11)16-6-7-17-14(19)12-2-1-5-15-10-12/h1-2,5,10-11H,3-4,6-9H2,(H,16,18)(H,17,19). The second kappa shape index (κ2) is 7.59. The van der Waals surface area contributed by atoms with Crippen LogP contribution < -0.4 is 10.6 Å². The van der Waals surface area contributed by atoms with E-state index in [1.165, 1.54) is 6.20 Å². The third-order valence-electron chi connectivity index (χ3n) is 3.23. The number of pyridine rings is 1. The zero-order chi connectivity index (χ0) is 14.2. The summed E-state index contributed by atoms with van der Waals surface area (Å²) >= 11 is 0. The van der Waals surface area contributed by atoms with Crippen molar-refractivity contribution in [3.8, 4) is 0 Å². The summed E-state index contributed by atoms with van der Waals surface area (Å²) < 4.78 is 5.21. The van der Waals surface area contributed by atoms with E-state index < -0.39 is 0 Å². The minimum atomic E-state index is -0.182. The Kier molecular flexibility index (Phi) is 5.49. The van der Waals surface area contributed by atoms with Crippen molar-refractivity contribution in [1.82, 2.24) is 15.6 Å². The number of hydrogen-bond acceptors (Lipinski definition) is 4. The number of aromatic nitrogens is 1. The number of nitrogens with zero attached hydrogens (tertiary/aromatic N) is 1. The van der Waals surface area contributed by atoms with Crippen LogP contribution in [0.4, 0.5) is 0 Å². The van der Waals surface area contributed by atoms with Gasteiger partial charge in [-0.25, -0.2) is 0 Å². The predicted octanol–water partition coefficient (Wildman–Crippen LogP) is 0.354. The van der Waals surface area contributed by atoms with Crippen LogP contribution in [0.25, 0.3) is 0 Å². The molecule has 1 aromatic heterocycles. The number of amides is 2. The van der Waals surface area contributed by atoms with Gasteiger partial charge >= 0.3 is 0 Å². The van der Waals surface area contributed by atoms with Gasteiger partial charge in [0.25, 0.3) is 5.91 Å². The monoisotopic (exact) mass is 277 g/mol. The third kappa shape index (κ3) is 4.31. The fourth-order valence-corrected chi connectivity index (χ4v) is 2.06. The summed E-state index contributed by atoms with van der Waals surface area (Å²) in [6, 6.07) is 3.41. The van der Waals surface area contributed by atoms with E-state index in [1.807, 2.05) is 0 Å². The van der Waals surface area contributed by atoms with Crippen LogP contribution in [0.5, 0.6) is 0 Å². The van der Waals surface area contributed by atoms with Gasteiger partial charge < -0.3 is 15.4 Å². The van der Waals surface area contributed by atoms with Gasteiger partial charge in [-0.2, -0.15) is 0 Å². The first-order chi connectivity index (χ1) is 9.77. The zero-order valence-corrected chi connectivity index (χ0v) is 11.3. The van der Waals surface area contributed by atoms with Gasteiger partial charge in [0.2, 0.25) is 5.91 Å². The third-order valence-corrected chi connectivity index (χ3v) is 3.23. The molecule has 1 aliphatic rings. The summed E-state index contributed by atoms with van der Waals surface area (Å²) in [5, 5.41) is 5.57. The molecule has 2 N–H and O–H groups in total. The molecule has 20 heavy (non-hydrogen) atoms. The fourth-order valence-electron chi connectivity index (χ4n) is 2.06. The van der Waals surface area contributed by atoms with Crippen molar-refractivity contribution in [2.24, 2.45) is 5.92 Å². The largest absolute Gasteiger partial charge is 0.381 e. The first-order valence-corrected chi connectivity index (χ1v) is 6.81. The smallest absolute Gasteiger partial charge is 0.252 e. The molecule has 2 rings (SSSR count). The normalized spacial score (nSPS) is 15.6. The summed E-state index contributed by atoms with van der Waals surface area (Å²) in [6.45, 7) is 2.14. The molecule has 0 aliphatic carbocycles. The molecule has 1 aromatic rings. The van der Waals surface area contributed by atoms with Crippen molar-refractivity contribution in [2.75, 3.05) is 26.3 Å². The molecular weight excluding hydrogens is 258 g/mol. The van der Waals surface area contributed by atoms with Crippen LogP contribution >= 0.6 is 0 Å². The Morgan fingerprint density at radius 1 is 1.25 bits per heavy atom. The van der Waals surface area contributed by atoms with Gasteiger partial charge in [0, 0.05) is 44.6 Å². The highest BCUT2D eigenvalue weighted by Gasteiger charge is 2.20. The molecule has 0 bridgehead atoms. The van der Waals surface area contributed by atoms with E-state index in [9.17, 15) is 9.59 Å². The van der Waals surface area contributed by atoms with Gasteiger partial charge in [-0.1, -0.05) is 0 Å². The van der Waals surface area contributed by atoms with E-state index in [-0.39, 0.29) is 17.7 Å². The molecule has 0 saturated carbocycles. The molecule has 1 saturated heterocycles. The number of rotatable bonds is 5. The molecular formula is C14H19N3O3. The van der Waals surface area contributed by atoms with E-state index in [0.29, 0.717) is 31.9 Å². The first-order valence-electron chi connectivity index (χ1n) is 6.81. The predicted molar refractivity (Wildman–Crippen MR) is 73.1 cm³/mol. The zero-order valence-electron chi connectivity index (χ0n) is 11.3. The molecule has 2 amide bonds. The van der Waals surface area contributed by atoms with E-state index in [2.05, 4.69) is 15.6 Å². The highest BCUT2D eigenvalue weighted by molar-refractivity contribution is 5.93. The van der Waals surface area contributed by atoms with Gasteiger partial charge in [-0.3, -0.25) is 14.6 Å². The van der Waals surface area contributed by atoms with Gasteiger partial charge in [0.1, 0.15) is 0 Å². The molecule has 0 spiro atoms. The molecule has 108 valence electrons. The molecule has 2 heterocycles. The average Bonchev–Trinajstić information content (AvgIpc) is 2.53. The van der Waals surface area contributed by atoms with Crippen molar-refractivity contribution in [3.63, 3.8) is 0 Å². The second-order valence-electron chi connectivity index (χ2n) is 4.68. The molecule has 0 radical (unpaired) electrons. The number of carbonyl (C=O) groups excluding carboxylic acids is 2. The fraction of sp³-hybridized carbons (Fsp3) is 0.500. The van der Waals surface area contributed by atoms with Gasteiger partial charge in [-0.05, 0) is 25.0 Å². The minimum Gasteiger partial charge on any atom is -0.381 e. The highest BCUT2D eigenvalue weighted by Crippen LogP contribution is 2.14. The Morgan fingerprint density at radius 2 is 2.00 bits per heavy atom. The molecule has 1 fully saturated rings. The maximum absolute atomic E-state index is 11.8. The first kappa shape index (κ1) is 14.5. The molecule has 0 atom stereocenters. The van der Waals surface area contributed by atoms with Crippen LogP contribution in [-0.2, 0) is 9.53 Å². The maximum Gasteiger partial charge on any atom is 0.252 e. The summed E-state index contributed by atoms with van der Waals surface area (Å²) in [7, 11) is 0. The quantitative estimate of drug-likeness (QED) is 0.761. The number of nitrogens with one attached hydrogen (secondary N) is 2. The average molecular weight is 277 g/mol. The number of carbonyl (C=O) groups is 2. The Balaban J connectivity index is 1.64. The lowest BCUT2D eigenvalue weighted by atomic mass is 9.99. The number of hydrogen-bond donors (Lipinski definition) is 2. The molecule has 6 nitrogen and oxygen atoms in total. The lowest BCUT2D eigenvalue weighted by molar-refractivity contribution is -0.127. The molecule has 1 aliphatic heterocycles. The summed E-state index contributed by atoms with van der Waals surface area (Å²) in [5.74, 6) is -0.0971. The minimum absolute atomic E-state index is 0.0396.